The lowest BCUT2D eigenvalue weighted by Gasteiger charge is -2.40. The minimum absolute atomic E-state index is 0.0521. The van der Waals surface area contributed by atoms with Gasteiger partial charge in [-0.25, -0.2) is 15.1 Å². The molecule has 1 fully saturated rings. The summed E-state index contributed by atoms with van der Waals surface area (Å²) >= 11 is 0. The number of carbonyl (C=O) groups is 4. The van der Waals surface area contributed by atoms with Crippen LogP contribution in [0.2, 0.25) is 0 Å². The topological polar surface area (TPSA) is 131 Å². The number of nitrogens with zero attached hydrogens (tertiary/aromatic N) is 1. The van der Waals surface area contributed by atoms with Gasteiger partial charge >= 0.3 is 18.0 Å². The van der Waals surface area contributed by atoms with Crippen molar-refractivity contribution in [3.63, 3.8) is 0 Å². The third kappa shape index (κ3) is 7.88. The molecule has 1 aliphatic rings. The Labute approximate surface area is 244 Å². The normalized spacial score (nSPS) is 18.9. The molecule has 10 heteroatoms. The van der Waals surface area contributed by atoms with E-state index in [4.69, 9.17) is 9.57 Å². The van der Waals surface area contributed by atoms with Gasteiger partial charge in [-0.15, -0.1) is 4.48 Å². The summed E-state index contributed by atoms with van der Waals surface area (Å²) in [4.78, 5) is 58.7. The molecule has 0 aromatic heterocycles. The van der Waals surface area contributed by atoms with E-state index in [2.05, 4.69) is 10.8 Å². The van der Waals surface area contributed by atoms with Crippen LogP contribution < -0.4 is 10.8 Å². The second-order valence-electron chi connectivity index (χ2n) is 10.3. The van der Waals surface area contributed by atoms with Crippen molar-refractivity contribution >= 4 is 23.9 Å². The number of amides is 3. The third-order valence-electron chi connectivity index (χ3n) is 7.41. The van der Waals surface area contributed by atoms with E-state index in [0.717, 1.165) is 16.7 Å². The van der Waals surface area contributed by atoms with E-state index in [1.165, 1.54) is 0 Å². The fourth-order valence-corrected chi connectivity index (χ4v) is 5.14. The van der Waals surface area contributed by atoms with Crippen molar-refractivity contribution < 1.29 is 38.3 Å². The molecule has 3 amide bonds. The van der Waals surface area contributed by atoms with Crippen LogP contribution in [0.25, 0.3) is 0 Å². The summed E-state index contributed by atoms with van der Waals surface area (Å²) in [5.41, 5.74) is 4.91. The standard InChI is InChI=1S/C32H35N3O7/c36-29(34-42-23-26-14-8-3-9-15-26)20-27(17-16-24-10-4-1-5-11-24)30(37)35(32(39)40)19-18-33-21-28(35)31(38)41-22-25-12-6-2-7-13-25/h1-15,27-28,33H,16-23H2,(H-,34,36,39,40)/p+1/t27-,28?,35+/m1/s1. The number of aryl methyl sites for hydroxylation is 1. The number of quaternary nitrogens is 1. The average Bonchev–Trinajstić information content (AvgIpc) is 3.03. The summed E-state index contributed by atoms with van der Waals surface area (Å²) < 4.78 is 4.36. The minimum Gasteiger partial charge on any atom is -0.456 e. The van der Waals surface area contributed by atoms with E-state index in [1.54, 1.807) is 24.3 Å². The number of ether oxygens (including phenoxy) is 1. The summed E-state index contributed by atoms with van der Waals surface area (Å²) in [6, 6.07) is 26.4. The Kier molecular flexibility index (Phi) is 10.9. The molecule has 220 valence electrons. The van der Waals surface area contributed by atoms with Gasteiger partial charge in [0.2, 0.25) is 11.9 Å². The maximum atomic E-state index is 14.2. The number of hydrogen-bond donors (Lipinski definition) is 3. The first-order valence-electron chi connectivity index (χ1n) is 14.0. The number of nitrogens with one attached hydrogen (secondary N) is 2. The van der Waals surface area contributed by atoms with Crippen LogP contribution in [-0.2, 0) is 43.6 Å². The second kappa shape index (κ2) is 15.0. The molecule has 10 nitrogen and oxygen atoms in total. The zero-order valence-corrected chi connectivity index (χ0v) is 23.3. The Morgan fingerprint density at radius 2 is 1.43 bits per heavy atom. The summed E-state index contributed by atoms with van der Waals surface area (Å²) in [6.07, 6.45) is -1.10. The zero-order chi connectivity index (χ0) is 29.8. The van der Waals surface area contributed by atoms with Gasteiger partial charge in [0.1, 0.15) is 13.2 Å². The molecule has 3 aromatic rings. The maximum Gasteiger partial charge on any atom is 0.521 e. The quantitative estimate of drug-likeness (QED) is 0.170. The van der Waals surface area contributed by atoms with E-state index < -0.39 is 40.3 Å². The van der Waals surface area contributed by atoms with Crippen LogP contribution in [0.3, 0.4) is 0 Å². The summed E-state index contributed by atoms with van der Waals surface area (Å²) in [6.45, 7) is 0.0723. The predicted octanol–water partition coefficient (Wildman–Crippen LogP) is 3.61. The fraction of sp³-hybridized carbons (Fsp3) is 0.312. The lowest BCUT2D eigenvalue weighted by molar-refractivity contribution is -0.804. The highest BCUT2D eigenvalue weighted by Crippen LogP contribution is 2.28. The van der Waals surface area contributed by atoms with Crippen LogP contribution in [0.1, 0.15) is 29.5 Å². The van der Waals surface area contributed by atoms with Gasteiger partial charge in [-0.3, -0.25) is 9.63 Å². The van der Waals surface area contributed by atoms with Crippen LogP contribution in [0, 0.1) is 5.92 Å². The summed E-state index contributed by atoms with van der Waals surface area (Å²) in [7, 11) is 0. The van der Waals surface area contributed by atoms with Gasteiger partial charge in [0.25, 0.3) is 0 Å². The number of rotatable bonds is 12. The first kappa shape index (κ1) is 30.6. The van der Waals surface area contributed by atoms with Crippen molar-refractivity contribution in [2.24, 2.45) is 5.92 Å². The Balaban J connectivity index is 1.52. The lowest BCUT2D eigenvalue weighted by Crippen LogP contribution is -2.73. The van der Waals surface area contributed by atoms with E-state index in [0.29, 0.717) is 6.42 Å². The SMILES string of the molecule is O=C(C[C@@H](CCc1ccccc1)C(=O)[N@+]1(C(=O)O)CCNCC1C(=O)OCc1ccccc1)NOCc1ccccc1. The summed E-state index contributed by atoms with van der Waals surface area (Å²) in [5, 5.41) is 13.5. The van der Waals surface area contributed by atoms with Gasteiger partial charge in [-0.05, 0) is 29.5 Å². The number of hydroxylamine groups is 1. The van der Waals surface area contributed by atoms with Gasteiger partial charge < -0.3 is 15.2 Å². The van der Waals surface area contributed by atoms with E-state index in [1.807, 2.05) is 66.7 Å². The highest BCUT2D eigenvalue weighted by molar-refractivity contribution is 5.90. The van der Waals surface area contributed by atoms with Gasteiger partial charge in [0.05, 0.1) is 19.1 Å². The first-order valence-corrected chi connectivity index (χ1v) is 14.0. The molecule has 0 saturated carbocycles. The highest BCUT2D eigenvalue weighted by atomic mass is 16.6. The molecule has 3 aromatic carbocycles. The van der Waals surface area contributed by atoms with E-state index >= 15 is 0 Å². The molecule has 0 radical (unpaired) electrons. The molecular formula is C32H36N3O7+. The van der Waals surface area contributed by atoms with Crippen molar-refractivity contribution in [3.05, 3.63) is 108 Å². The molecule has 0 aliphatic carbocycles. The number of imide groups is 1. The molecule has 1 heterocycles. The maximum absolute atomic E-state index is 14.2. The number of hydrogen-bond acceptors (Lipinski definition) is 7. The van der Waals surface area contributed by atoms with E-state index in [9.17, 15) is 24.3 Å². The Bertz CT molecular complexity index is 1340. The fourth-order valence-electron chi connectivity index (χ4n) is 5.14. The molecule has 1 saturated heterocycles. The Hall–Kier alpha value is -4.38. The van der Waals surface area contributed by atoms with Gasteiger partial charge in [0.15, 0.2) is 0 Å². The predicted molar refractivity (Wildman–Crippen MR) is 153 cm³/mol. The molecule has 3 atom stereocenters. The second-order valence-corrected chi connectivity index (χ2v) is 10.3. The number of esters is 1. The zero-order valence-electron chi connectivity index (χ0n) is 23.3. The largest absolute Gasteiger partial charge is 0.521 e. The number of piperazine rings is 1. The first-order chi connectivity index (χ1) is 20.4. The van der Waals surface area contributed by atoms with E-state index in [-0.39, 0.29) is 45.7 Å². The minimum atomic E-state index is -1.45. The van der Waals surface area contributed by atoms with Crippen molar-refractivity contribution in [3.8, 4) is 0 Å². The number of benzene rings is 3. The number of carbonyl (C=O) groups excluding carboxylic acids is 3. The number of carboxylic acid groups (broad SMARTS) is 1. The average molecular weight is 575 g/mol. The Morgan fingerprint density at radius 1 is 0.857 bits per heavy atom. The monoisotopic (exact) mass is 574 g/mol. The van der Waals surface area contributed by atoms with Crippen molar-refractivity contribution in [2.75, 3.05) is 19.6 Å². The molecule has 0 spiro atoms. The van der Waals surface area contributed by atoms with Crippen LogP contribution in [0.4, 0.5) is 4.79 Å². The molecular weight excluding hydrogens is 538 g/mol. The van der Waals surface area contributed by atoms with Crippen molar-refractivity contribution in [2.45, 2.75) is 38.5 Å². The summed E-state index contributed by atoms with van der Waals surface area (Å²) in [5.74, 6) is -3.05. The van der Waals surface area contributed by atoms with Gasteiger partial charge in [-0.1, -0.05) is 91.0 Å². The van der Waals surface area contributed by atoms with Gasteiger partial charge in [-0.2, -0.15) is 4.79 Å². The molecule has 0 bridgehead atoms. The van der Waals surface area contributed by atoms with Crippen molar-refractivity contribution in [1.29, 1.82) is 0 Å². The van der Waals surface area contributed by atoms with Crippen LogP contribution in [0.15, 0.2) is 91.0 Å². The molecule has 1 aliphatic heterocycles. The highest BCUT2D eigenvalue weighted by Gasteiger charge is 2.58. The molecule has 42 heavy (non-hydrogen) atoms. The molecule has 4 rings (SSSR count). The lowest BCUT2D eigenvalue weighted by atomic mass is 9.92. The smallest absolute Gasteiger partial charge is 0.456 e. The third-order valence-corrected chi connectivity index (χ3v) is 7.41. The van der Waals surface area contributed by atoms with Crippen LogP contribution in [-0.4, -0.2) is 59.1 Å². The van der Waals surface area contributed by atoms with Gasteiger partial charge in [0, 0.05) is 13.0 Å². The van der Waals surface area contributed by atoms with Crippen LogP contribution in [0.5, 0.6) is 0 Å². The Morgan fingerprint density at radius 3 is 2.02 bits per heavy atom. The van der Waals surface area contributed by atoms with Crippen LogP contribution >= 0.6 is 0 Å². The van der Waals surface area contributed by atoms with Crippen molar-refractivity contribution in [1.82, 2.24) is 10.8 Å². The molecule has 1 unspecified atom stereocenters. The molecule has 3 N–H and O–H groups in total.